The van der Waals surface area contributed by atoms with Crippen LogP contribution < -0.4 is 5.32 Å². The summed E-state index contributed by atoms with van der Waals surface area (Å²) in [6.45, 7) is 1.56. The van der Waals surface area contributed by atoms with Gasteiger partial charge < -0.3 is 5.32 Å². The minimum atomic E-state index is 0.762. The molecule has 19 heavy (non-hydrogen) atoms. The van der Waals surface area contributed by atoms with Crippen molar-refractivity contribution in [2.75, 3.05) is 11.9 Å². The van der Waals surface area contributed by atoms with Gasteiger partial charge in [-0.3, -0.25) is 9.67 Å². The van der Waals surface area contributed by atoms with E-state index in [1.165, 1.54) is 11.3 Å². The first-order valence-corrected chi connectivity index (χ1v) is 6.70. The molecule has 0 saturated heterocycles. The SMILES string of the molecule is c1ccc(-c2nnc(NCCn3cccn3)s2)nc1. The predicted octanol–water partition coefficient (Wildman–Crippen LogP) is 1.91. The molecular weight excluding hydrogens is 260 g/mol. The maximum absolute atomic E-state index is 4.25. The summed E-state index contributed by atoms with van der Waals surface area (Å²) in [4.78, 5) is 4.25. The van der Waals surface area contributed by atoms with Crippen LogP contribution in [0.3, 0.4) is 0 Å². The molecule has 3 heterocycles. The van der Waals surface area contributed by atoms with E-state index >= 15 is 0 Å². The number of aromatic nitrogens is 5. The second kappa shape index (κ2) is 5.57. The normalized spacial score (nSPS) is 10.5. The van der Waals surface area contributed by atoms with Crippen LogP contribution >= 0.6 is 11.3 Å². The third-order valence-electron chi connectivity index (χ3n) is 2.49. The zero-order chi connectivity index (χ0) is 12.9. The standard InChI is InChI=1S/C12H12N6S/c1-2-5-13-10(4-1)11-16-17-12(19-11)14-7-9-18-8-3-6-15-18/h1-6,8H,7,9H2,(H,14,17). The molecule has 0 aliphatic carbocycles. The fraction of sp³-hybridized carbons (Fsp3) is 0.167. The van der Waals surface area contributed by atoms with E-state index in [1.807, 2.05) is 35.1 Å². The molecule has 0 aliphatic rings. The Bertz CT molecular complexity index is 619. The molecule has 96 valence electrons. The summed E-state index contributed by atoms with van der Waals surface area (Å²) in [5.74, 6) is 0. The summed E-state index contributed by atoms with van der Waals surface area (Å²) in [6.07, 6.45) is 5.45. The Morgan fingerprint density at radius 2 is 2.16 bits per heavy atom. The number of hydrogen-bond donors (Lipinski definition) is 1. The van der Waals surface area contributed by atoms with Gasteiger partial charge in [0.15, 0.2) is 5.01 Å². The van der Waals surface area contributed by atoms with Crippen molar-refractivity contribution in [3.8, 4) is 10.7 Å². The van der Waals surface area contributed by atoms with Gasteiger partial charge in [0.1, 0.15) is 5.69 Å². The highest BCUT2D eigenvalue weighted by molar-refractivity contribution is 7.18. The first-order valence-electron chi connectivity index (χ1n) is 5.88. The molecule has 6 nitrogen and oxygen atoms in total. The molecule has 0 saturated carbocycles. The van der Waals surface area contributed by atoms with E-state index in [0.717, 1.165) is 28.9 Å². The van der Waals surface area contributed by atoms with Crippen molar-refractivity contribution in [1.29, 1.82) is 0 Å². The van der Waals surface area contributed by atoms with E-state index in [1.54, 1.807) is 12.4 Å². The van der Waals surface area contributed by atoms with Gasteiger partial charge in [0, 0.05) is 25.1 Å². The highest BCUT2D eigenvalue weighted by atomic mass is 32.1. The van der Waals surface area contributed by atoms with Gasteiger partial charge in [-0.25, -0.2) is 0 Å². The first kappa shape index (κ1) is 11.8. The van der Waals surface area contributed by atoms with Crippen LogP contribution in [0.1, 0.15) is 0 Å². The fourth-order valence-corrected chi connectivity index (χ4v) is 2.34. The number of rotatable bonds is 5. The van der Waals surface area contributed by atoms with Crippen LogP contribution in [0.15, 0.2) is 42.9 Å². The lowest BCUT2D eigenvalue weighted by molar-refractivity contribution is 0.637. The van der Waals surface area contributed by atoms with Crippen molar-refractivity contribution in [2.24, 2.45) is 0 Å². The largest absolute Gasteiger partial charge is 0.358 e. The molecule has 0 spiro atoms. The Hall–Kier alpha value is -2.28. The number of anilines is 1. The van der Waals surface area contributed by atoms with Crippen LogP contribution in [-0.2, 0) is 6.54 Å². The van der Waals surface area contributed by atoms with Crippen molar-refractivity contribution in [3.63, 3.8) is 0 Å². The van der Waals surface area contributed by atoms with Crippen molar-refractivity contribution in [2.45, 2.75) is 6.54 Å². The third kappa shape index (κ3) is 2.94. The molecule has 0 amide bonds. The molecular formula is C12H12N6S. The lowest BCUT2D eigenvalue weighted by Gasteiger charge is -2.01. The van der Waals surface area contributed by atoms with Crippen LogP contribution in [0.2, 0.25) is 0 Å². The molecule has 0 radical (unpaired) electrons. The summed E-state index contributed by atoms with van der Waals surface area (Å²) < 4.78 is 1.87. The maximum atomic E-state index is 4.25. The molecule has 1 N–H and O–H groups in total. The summed E-state index contributed by atoms with van der Waals surface area (Å²) in [6, 6.07) is 7.65. The van der Waals surface area contributed by atoms with Gasteiger partial charge in [-0.05, 0) is 18.2 Å². The van der Waals surface area contributed by atoms with E-state index in [0.29, 0.717) is 0 Å². The van der Waals surface area contributed by atoms with E-state index in [9.17, 15) is 0 Å². The molecule has 0 unspecified atom stereocenters. The Kier molecular flexibility index (Phi) is 3.46. The van der Waals surface area contributed by atoms with Crippen LogP contribution in [-0.4, -0.2) is 31.5 Å². The zero-order valence-corrected chi connectivity index (χ0v) is 10.9. The Balaban J connectivity index is 1.59. The number of hydrogen-bond acceptors (Lipinski definition) is 6. The Morgan fingerprint density at radius 3 is 2.95 bits per heavy atom. The zero-order valence-electron chi connectivity index (χ0n) is 10.1. The molecule has 3 rings (SSSR count). The average Bonchev–Trinajstić information content (AvgIpc) is 3.11. The van der Waals surface area contributed by atoms with Crippen molar-refractivity contribution >= 4 is 16.5 Å². The van der Waals surface area contributed by atoms with Crippen molar-refractivity contribution in [1.82, 2.24) is 25.0 Å². The molecule has 3 aromatic heterocycles. The van der Waals surface area contributed by atoms with E-state index in [-0.39, 0.29) is 0 Å². The molecule has 0 fully saturated rings. The van der Waals surface area contributed by atoms with Crippen molar-refractivity contribution < 1.29 is 0 Å². The summed E-state index contributed by atoms with van der Waals surface area (Å²) in [5, 5.41) is 17.2. The van der Waals surface area contributed by atoms with Crippen LogP contribution in [0.25, 0.3) is 10.7 Å². The first-order chi connectivity index (χ1) is 9.42. The topological polar surface area (TPSA) is 68.5 Å². The smallest absolute Gasteiger partial charge is 0.206 e. The summed E-state index contributed by atoms with van der Waals surface area (Å²) in [5.41, 5.74) is 0.847. The summed E-state index contributed by atoms with van der Waals surface area (Å²) >= 11 is 1.50. The van der Waals surface area contributed by atoms with Gasteiger partial charge in [0.25, 0.3) is 0 Å². The number of nitrogens with zero attached hydrogens (tertiary/aromatic N) is 5. The minimum absolute atomic E-state index is 0.762. The molecule has 3 aromatic rings. The van der Waals surface area contributed by atoms with Gasteiger partial charge in [0.05, 0.1) is 6.54 Å². The quantitative estimate of drug-likeness (QED) is 0.768. The van der Waals surface area contributed by atoms with E-state index in [4.69, 9.17) is 0 Å². The molecule has 0 aromatic carbocycles. The maximum Gasteiger partial charge on any atom is 0.206 e. The lowest BCUT2D eigenvalue weighted by Crippen LogP contribution is -2.10. The Labute approximate surface area is 114 Å². The van der Waals surface area contributed by atoms with E-state index < -0.39 is 0 Å². The van der Waals surface area contributed by atoms with Gasteiger partial charge >= 0.3 is 0 Å². The Morgan fingerprint density at radius 1 is 1.16 bits per heavy atom. The lowest BCUT2D eigenvalue weighted by atomic mass is 10.4. The average molecular weight is 272 g/mol. The fourth-order valence-electron chi connectivity index (χ4n) is 1.60. The molecule has 0 aliphatic heterocycles. The van der Waals surface area contributed by atoms with Gasteiger partial charge in [-0.1, -0.05) is 17.4 Å². The predicted molar refractivity (Wildman–Crippen MR) is 73.9 cm³/mol. The van der Waals surface area contributed by atoms with Gasteiger partial charge in [-0.2, -0.15) is 5.10 Å². The molecule has 0 bridgehead atoms. The second-order valence-electron chi connectivity index (χ2n) is 3.82. The highest BCUT2D eigenvalue weighted by Crippen LogP contribution is 2.23. The number of pyridine rings is 1. The monoisotopic (exact) mass is 272 g/mol. The molecule has 7 heteroatoms. The minimum Gasteiger partial charge on any atom is -0.358 e. The van der Waals surface area contributed by atoms with E-state index in [2.05, 4.69) is 25.6 Å². The molecule has 0 atom stereocenters. The number of nitrogens with one attached hydrogen (secondary N) is 1. The summed E-state index contributed by atoms with van der Waals surface area (Å²) in [7, 11) is 0. The van der Waals surface area contributed by atoms with Crippen LogP contribution in [0.5, 0.6) is 0 Å². The highest BCUT2D eigenvalue weighted by Gasteiger charge is 2.06. The van der Waals surface area contributed by atoms with Crippen LogP contribution in [0.4, 0.5) is 5.13 Å². The second-order valence-corrected chi connectivity index (χ2v) is 4.80. The van der Waals surface area contributed by atoms with Crippen LogP contribution in [0, 0.1) is 0 Å². The third-order valence-corrected chi connectivity index (χ3v) is 3.39. The van der Waals surface area contributed by atoms with Gasteiger partial charge in [0.2, 0.25) is 5.13 Å². The van der Waals surface area contributed by atoms with Gasteiger partial charge in [-0.15, -0.1) is 10.2 Å². The van der Waals surface area contributed by atoms with Crippen molar-refractivity contribution in [3.05, 3.63) is 42.9 Å².